The van der Waals surface area contributed by atoms with Gasteiger partial charge < -0.3 is 9.47 Å². The Morgan fingerprint density at radius 1 is 1.50 bits per heavy atom. The fourth-order valence-electron chi connectivity index (χ4n) is 3.16. The highest BCUT2D eigenvalue weighted by atomic mass is 35.5. The molecular weight excluding hydrogens is 272 g/mol. The average Bonchev–Trinajstić information content (AvgIpc) is 2.87. The van der Waals surface area contributed by atoms with Gasteiger partial charge in [-0.3, -0.25) is 4.98 Å². The lowest BCUT2D eigenvalue weighted by Crippen LogP contribution is -2.36. The molecule has 1 aliphatic rings. The van der Waals surface area contributed by atoms with Crippen LogP contribution in [0.25, 0.3) is 11.0 Å². The van der Waals surface area contributed by atoms with E-state index in [0.717, 1.165) is 29.9 Å². The van der Waals surface area contributed by atoms with Crippen LogP contribution in [0.1, 0.15) is 43.9 Å². The largest absolute Gasteiger partial charge is 0.322 e. The van der Waals surface area contributed by atoms with Crippen molar-refractivity contribution in [1.29, 1.82) is 0 Å². The van der Waals surface area contributed by atoms with Crippen molar-refractivity contribution in [2.45, 2.75) is 38.1 Å². The van der Waals surface area contributed by atoms with Crippen molar-refractivity contribution in [3.63, 3.8) is 0 Å². The van der Waals surface area contributed by atoms with E-state index in [4.69, 9.17) is 11.6 Å². The molecule has 20 heavy (non-hydrogen) atoms. The molecule has 2 unspecified atom stereocenters. The molecule has 1 aliphatic heterocycles. The first-order chi connectivity index (χ1) is 9.70. The highest BCUT2D eigenvalue weighted by Crippen LogP contribution is 2.31. The number of imidazole rings is 1. The molecule has 2 aromatic heterocycles. The van der Waals surface area contributed by atoms with Crippen molar-refractivity contribution in [3.8, 4) is 0 Å². The number of pyridine rings is 1. The molecule has 1 saturated heterocycles. The van der Waals surface area contributed by atoms with E-state index in [2.05, 4.69) is 32.4 Å². The molecule has 108 valence electrons. The first kappa shape index (κ1) is 13.8. The van der Waals surface area contributed by atoms with Gasteiger partial charge in [0.2, 0.25) is 0 Å². The SMILES string of the molecule is CCN1CCCC(n2c(C(C)Cl)nc3cnccc32)C1. The number of likely N-dealkylation sites (N-methyl/N-ethyl adjacent to an activating group) is 1. The zero-order valence-electron chi connectivity index (χ0n) is 12.1. The molecule has 0 bridgehead atoms. The Morgan fingerprint density at radius 2 is 2.35 bits per heavy atom. The average molecular weight is 293 g/mol. The number of fused-ring (bicyclic) bond motifs is 1. The maximum absolute atomic E-state index is 6.35. The minimum Gasteiger partial charge on any atom is -0.322 e. The normalized spacial score (nSPS) is 22.2. The lowest BCUT2D eigenvalue weighted by molar-refractivity contribution is 0.185. The van der Waals surface area contributed by atoms with Gasteiger partial charge in [-0.2, -0.15) is 0 Å². The van der Waals surface area contributed by atoms with Gasteiger partial charge in [-0.15, -0.1) is 11.6 Å². The molecule has 0 amide bonds. The Kier molecular flexibility index (Phi) is 3.94. The molecule has 0 spiro atoms. The third-order valence-corrected chi connectivity index (χ3v) is 4.36. The number of likely N-dealkylation sites (tertiary alicyclic amines) is 1. The molecule has 1 fully saturated rings. The summed E-state index contributed by atoms with van der Waals surface area (Å²) in [5.41, 5.74) is 2.11. The minimum atomic E-state index is -0.0839. The summed E-state index contributed by atoms with van der Waals surface area (Å²) in [5, 5.41) is -0.0839. The van der Waals surface area contributed by atoms with E-state index in [-0.39, 0.29) is 5.38 Å². The van der Waals surface area contributed by atoms with E-state index in [0.29, 0.717) is 6.04 Å². The molecule has 0 N–H and O–H groups in total. The van der Waals surface area contributed by atoms with Crippen LogP contribution < -0.4 is 0 Å². The van der Waals surface area contributed by atoms with E-state index < -0.39 is 0 Å². The first-order valence-corrected chi connectivity index (χ1v) is 7.82. The molecule has 3 heterocycles. The van der Waals surface area contributed by atoms with Crippen molar-refractivity contribution in [2.24, 2.45) is 0 Å². The quantitative estimate of drug-likeness (QED) is 0.813. The third-order valence-electron chi connectivity index (χ3n) is 4.17. The van der Waals surface area contributed by atoms with Crippen LogP contribution in [0.4, 0.5) is 0 Å². The number of nitrogens with zero attached hydrogens (tertiary/aromatic N) is 4. The van der Waals surface area contributed by atoms with Gasteiger partial charge in [-0.1, -0.05) is 6.92 Å². The topological polar surface area (TPSA) is 34.0 Å². The van der Waals surface area contributed by atoms with Crippen LogP contribution in [0.2, 0.25) is 0 Å². The van der Waals surface area contributed by atoms with Crippen molar-refractivity contribution in [1.82, 2.24) is 19.4 Å². The zero-order chi connectivity index (χ0) is 14.1. The second-order valence-corrected chi connectivity index (χ2v) is 6.16. The molecule has 2 atom stereocenters. The van der Waals surface area contributed by atoms with Crippen molar-refractivity contribution < 1.29 is 0 Å². The summed E-state index contributed by atoms with van der Waals surface area (Å²) in [4.78, 5) is 11.4. The summed E-state index contributed by atoms with van der Waals surface area (Å²) in [5.74, 6) is 0.970. The van der Waals surface area contributed by atoms with Crippen LogP contribution in [-0.4, -0.2) is 39.1 Å². The highest BCUT2D eigenvalue weighted by molar-refractivity contribution is 6.20. The number of halogens is 1. The Balaban J connectivity index is 2.06. The number of aromatic nitrogens is 3. The van der Waals surface area contributed by atoms with Gasteiger partial charge in [0.25, 0.3) is 0 Å². The number of piperidine rings is 1. The van der Waals surface area contributed by atoms with E-state index in [9.17, 15) is 0 Å². The Labute approximate surface area is 124 Å². The Morgan fingerprint density at radius 3 is 3.10 bits per heavy atom. The highest BCUT2D eigenvalue weighted by Gasteiger charge is 2.25. The van der Waals surface area contributed by atoms with Crippen molar-refractivity contribution in [2.75, 3.05) is 19.6 Å². The fourth-order valence-corrected chi connectivity index (χ4v) is 3.32. The Bertz CT molecular complexity index is 593. The van der Waals surface area contributed by atoms with E-state index in [1.54, 1.807) is 0 Å². The summed E-state index contributed by atoms with van der Waals surface area (Å²) < 4.78 is 2.34. The van der Waals surface area contributed by atoms with Gasteiger partial charge in [0.05, 0.1) is 17.1 Å². The van der Waals surface area contributed by atoms with Gasteiger partial charge in [0.15, 0.2) is 0 Å². The summed E-state index contributed by atoms with van der Waals surface area (Å²) in [6.07, 6.45) is 6.10. The lowest BCUT2D eigenvalue weighted by Gasteiger charge is -2.34. The van der Waals surface area contributed by atoms with Crippen LogP contribution in [0.3, 0.4) is 0 Å². The van der Waals surface area contributed by atoms with E-state index in [1.807, 2.05) is 19.3 Å². The van der Waals surface area contributed by atoms with Crippen LogP contribution in [0, 0.1) is 0 Å². The number of alkyl halides is 1. The second kappa shape index (κ2) is 5.70. The van der Waals surface area contributed by atoms with Gasteiger partial charge in [0.1, 0.15) is 11.3 Å². The van der Waals surface area contributed by atoms with Crippen molar-refractivity contribution >= 4 is 22.6 Å². The molecule has 2 aromatic rings. The zero-order valence-corrected chi connectivity index (χ0v) is 12.8. The summed E-state index contributed by atoms with van der Waals surface area (Å²) >= 11 is 6.35. The molecule has 0 aromatic carbocycles. The van der Waals surface area contributed by atoms with E-state index >= 15 is 0 Å². The maximum Gasteiger partial charge on any atom is 0.128 e. The standard InChI is InChI=1S/C15H21ClN4/c1-3-19-8-4-5-12(10-19)20-14-6-7-17-9-13(14)18-15(20)11(2)16/h6-7,9,11-12H,3-5,8,10H2,1-2H3. The molecule has 3 rings (SSSR count). The lowest BCUT2D eigenvalue weighted by atomic mass is 10.0. The number of rotatable bonds is 3. The van der Waals surface area contributed by atoms with Gasteiger partial charge in [-0.25, -0.2) is 4.98 Å². The van der Waals surface area contributed by atoms with Crippen LogP contribution in [-0.2, 0) is 0 Å². The molecule has 0 aliphatic carbocycles. The second-order valence-electron chi connectivity index (χ2n) is 5.51. The first-order valence-electron chi connectivity index (χ1n) is 7.39. The molecule has 0 radical (unpaired) electrons. The number of hydrogen-bond acceptors (Lipinski definition) is 3. The van der Waals surface area contributed by atoms with Crippen LogP contribution in [0.5, 0.6) is 0 Å². The fraction of sp³-hybridized carbons (Fsp3) is 0.600. The van der Waals surface area contributed by atoms with Crippen LogP contribution >= 0.6 is 11.6 Å². The minimum absolute atomic E-state index is 0.0839. The summed E-state index contributed by atoms with van der Waals surface area (Å²) in [6, 6.07) is 2.52. The smallest absolute Gasteiger partial charge is 0.128 e. The molecule has 0 saturated carbocycles. The van der Waals surface area contributed by atoms with E-state index in [1.165, 1.54) is 19.4 Å². The Hall–Kier alpha value is -1.13. The van der Waals surface area contributed by atoms with Gasteiger partial charge >= 0.3 is 0 Å². The summed E-state index contributed by atoms with van der Waals surface area (Å²) in [6.45, 7) is 7.61. The van der Waals surface area contributed by atoms with Gasteiger partial charge in [0, 0.05) is 18.8 Å². The predicted molar refractivity (Wildman–Crippen MR) is 82.2 cm³/mol. The monoisotopic (exact) mass is 292 g/mol. The van der Waals surface area contributed by atoms with Crippen LogP contribution in [0.15, 0.2) is 18.5 Å². The molecular formula is C15H21ClN4. The van der Waals surface area contributed by atoms with Crippen molar-refractivity contribution in [3.05, 3.63) is 24.3 Å². The van der Waals surface area contributed by atoms with Gasteiger partial charge in [-0.05, 0) is 38.9 Å². The predicted octanol–water partition coefficient (Wildman–Crippen LogP) is 3.39. The number of hydrogen-bond donors (Lipinski definition) is 0. The molecule has 4 nitrogen and oxygen atoms in total. The summed E-state index contributed by atoms with van der Waals surface area (Å²) in [7, 11) is 0. The molecule has 5 heteroatoms. The third kappa shape index (κ3) is 2.42. The maximum atomic E-state index is 6.35.